The molecule has 0 bridgehead atoms. The highest BCUT2D eigenvalue weighted by molar-refractivity contribution is 5.89. The number of Topliss-reactive ketones (excluding diaryl/α,β-unsaturated/α-hetero) is 1. The lowest BCUT2D eigenvalue weighted by atomic mass is 9.86. The number of carbonyl (C=O) groups is 1. The van der Waals surface area contributed by atoms with Gasteiger partial charge in [0.15, 0.2) is 5.78 Å². The fourth-order valence-electron chi connectivity index (χ4n) is 1.81. The minimum absolute atomic E-state index is 0.153. The van der Waals surface area contributed by atoms with Crippen molar-refractivity contribution in [3.05, 3.63) is 12.2 Å². The molecule has 1 heterocycles. The molecule has 1 saturated heterocycles. The molecule has 1 fully saturated rings. The highest BCUT2D eigenvalue weighted by Crippen LogP contribution is 2.28. The van der Waals surface area contributed by atoms with Crippen molar-refractivity contribution in [3.63, 3.8) is 0 Å². The molecule has 0 aromatic heterocycles. The van der Waals surface area contributed by atoms with Gasteiger partial charge in [0.25, 0.3) is 0 Å². The molecule has 0 aromatic carbocycles. The Bertz CT molecular complexity index is 239. The van der Waals surface area contributed by atoms with Crippen LogP contribution in [-0.2, 0) is 14.3 Å². The van der Waals surface area contributed by atoms with Crippen LogP contribution in [-0.4, -0.2) is 31.7 Å². The number of carbonyl (C=O) groups excluding carboxylic acids is 1. The summed E-state index contributed by atoms with van der Waals surface area (Å²) in [5.41, 5.74) is 0.360. The SMILES string of the molecule is C=C(CC)CC(=O)C1(OC)CCOCC1. The fraction of sp³-hybridized carbons (Fsp3) is 0.750. The normalized spacial score (nSPS) is 19.9. The first kappa shape index (κ1) is 12.4. The summed E-state index contributed by atoms with van der Waals surface area (Å²) >= 11 is 0. The molecule has 0 radical (unpaired) electrons. The van der Waals surface area contributed by atoms with Gasteiger partial charge in [-0.2, -0.15) is 0 Å². The zero-order chi connectivity index (χ0) is 11.3. The topological polar surface area (TPSA) is 35.5 Å². The van der Waals surface area contributed by atoms with Crippen molar-refractivity contribution >= 4 is 5.78 Å². The molecule has 3 nitrogen and oxygen atoms in total. The van der Waals surface area contributed by atoms with Crippen LogP contribution in [0.4, 0.5) is 0 Å². The maximum atomic E-state index is 12.1. The number of hydrogen-bond donors (Lipinski definition) is 0. The number of ether oxygens (including phenoxy) is 2. The third-order valence-corrected chi connectivity index (χ3v) is 3.11. The smallest absolute Gasteiger partial charge is 0.168 e. The number of methoxy groups -OCH3 is 1. The molecule has 3 heteroatoms. The number of hydrogen-bond acceptors (Lipinski definition) is 3. The standard InChI is InChI=1S/C12H20O3/c1-4-10(2)9-11(13)12(14-3)5-7-15-8-6-12/h2,4-9H2,1,3H3. The van der Waals surface area contributed by atoms with Crippen LogP contribution >= 0.6 is 0 Å². The van der Waals surface area contributed by atoms with Gasteiger partial charge in [0.2, 0.25) is 0 Å². The molecule has 0 amide bonds. The van der Waals surface area contributed by atoms with Crippen LogP contribution < -0.4 is 0 Å². The zero-order valence-electron chi connectivity index (χ0n) is 9.67. The minimum atomic E-state index is -0.615. The molecule has 1 aliphatic heterocycles. The van der Waals surface area contributed by atoms with Crippen LogP contribution in [0.25, 0.3) is 0 Å². The van der Waals surface area contributed by atoms with E-state index in [0.29, 0.717) is 32.5 Å². The summed E-state index contributed by atoms with van der Waals surface area (Å²) in [7, 11) is 1.61. The Morgan fingerprint density at radius 2 is 2.07 bits per heavy atom. The Labute approximate surface area is 91.4 Å². The van der Waals surface area contributed by atoms with Gasteiger partial charge >= 0.3 is 0 Å². The average molecular weight is 212 g/mol. The largest absolute Gasteiger partial charge is 0.381 e. The van der Waals surface area contributed by atoms with E-state index in [1.807, 2.05) is 6.92 Å². The molecular weight excluding hydrogens is 192 g/mol. The maximum absolute atomic E-state index is 12.1. The van der Waals surface area contributed by atoms with Gasteiger partial charge in [-0.15, -0.1) is 0 Å². The molecule has 15 heavy (non-hydrogen) atoms. The van der Waals surface area contributed by atoms with Gasteiger partial charge in [-0.3, -0.25) is 4.79 Å². The van der Waals surface area contributed by atoms with E-state index in [-0.39, 0.29) is 5.78 Å². The van der Waals surface area contributed by atoms with Crippen molar-refractivity contribution in [2.24, 2.45) is 0 Å². The van der Waals surface area contributed by atoms with Gasteiger partial charge in [-0.05, 0) is 6.42 Å². The van der Waals surface area contributed by atoms with E-state index in [4.69, 9.17) is 9.47 Å². The number of ketones is 1. The van der Waals surface area contributed by atoms with E-state index in [1.165, 1.54) is 0 Å². The van der Waals surface area contributed by atoms with E-state index >= 15 is 0 Å². The van der Waals surface area contributed by atoms with E-state index in [2.05, 4.69) is 6.58 Å². The van der Waals surface area contributed by atoms with Gasteiger partial charge in [0, 0.05) is 39.6 Å². The maximum Gasteiger partial charge on any atom is 0.168 e. The van der Waals surface area contributed by atoms with Crippen LogP contribution in [0.1, 0.15) is 32.6 Å². The lowest BCUT2D eigenvalue weighted by Gasteiger charge is -2.34. The Morgan fingerprint density at radius 3 is 2.53 bits per heavy atom. The fourth-order valence-corrected chi connectivity index (χ4v) is 1.81. The van der Waals surface area contributed by atoms with Crippen molar-refractivity contribution in [1.29, 1.82) is 0 Å². The van der Waals surface area contributed by atoms with E-state index in [1.54, 1.807) is 7.11 Å². The molecular formula is C12H20O3. The van der Waals surface area contributed by atoms with Crippen molar-refractivity contribution < 1.29 is 14.3 Å². The van der Waals surface area contributed by atoms with Crippen molar-refractivity contribution in [3.8, 4) is 0 Å². The van der Waals surface area contributed by atoms with Crippen molar-refractivity contribution in [2.45, 2.75) is 38.2 Å². The van der Waals surface area contributed by atoms with Gasteiger partial charge in [0.05, 0.1) is 0 Å². The monoisotopic (exact) mass is 212 g/mol. The summed E-state index contributed by atoms with van der Waals surface area (Å²) in [6.45, 7) is 7.10. The number of allylic oxidation sites excluding steroid dienone is 1. The van der Waals surface area contributed by atoms with Crippen LogP contribution in [0.2, 0.25) is 0 Å². The van der Waals surface area contributed by atoms with E-state index < -0.39 is 5.60 Å². The van der Waals surface area contributed by atoms with Crippen LogP contribution in [0.5, 0.6) is 0 Å². The molecule has 0 N–H and O–H groups in total. The molecule has 0 aliphatic carbocycles. The van der Waals surface area contributed by atoms with Crippen molar-refractivity contribution in [2.75, 3.05) is 20.3 Å². The van der Waals surface area contributed by atoms with Crippen LogP contribution in [0.15, 0.2) is 12.2 Å². The van der Waals surface area contributed by atoms with Crippen LogP contribution in [0, 0.1) is 0 Å². The summed E-state index contributed by atoms with van der Waals surface area (Å²) in [4.78, 5) is 12.1. The molecule has 0 spiro atoms. The zero-order valence-corrected chi connectivity index (χ0v) is 9.67. The second-order valence-corrected chi connectivity index (χ2v) is 4.01. The summed E-state index contributed by atoms with van der Waals surface area (Å²) in [6, 6.07) is 0. The van der Waals surface area contributed by atoms with Gasteiger partial charge in [0.1, 0.15) is 5.60 Å². The average Bonchev–Trinajstić information content (AvgIpc) is 2.29. The quantitative estimate of drug-likeness (QED) is 0.655. The molecule has 0 atom stereocenters. The first-order chi connectivity index (χ1) is 7.14. The first-order valence-corrected chi connectivity index (χ1v) is 5.47. The Balaban J connectivity index is 2.63. The van der Waals surface area contributed by atoms with Crippen molar-refractivity contribution in [1.82, 2.24) is 0 Å². The highest BCUT2D eigenvalue weighted by atomic mass is 16.5. The van der Waals surface area contributed by atoms with Gasteiger partial charge < -0.3 is 9.47 Å². The second-order valence-electron chi connectivity index (χ2n) is 4.01. The third kappa shape index (κ3) is 2.89. The Morgan fingerprint density at radius 1 is 1.47 bits per heavy atom. The van der Waals surface area contributed by atoms with Gasteiger partial charge in [-0.1, -0.05) is 19.1 Å². The van der Waals surface area contributed by atoms with Crippen LogP contribution in [0.3, 0.4) is 0 Å². The lowest BCUT2D eigenvalue weighted by Crippen LogP contribution is -2.45. The van der Waals surface area contributed by atoms with E-state index in [0.717, 1.165) is 12.0 Å². The second kappa shape index (κ2) is 5.42. The Kier molecular flexibility index (Phi) is 4.48. The minimum Gasteiger partial charge on any atom is -0.381 e. The summed E-state index contributed by atoms with van der Waals surface area (Å²) < 4.78 is 10.7. The predicted octanol–water partition coefficient (Wildman–Crippen LogP) is 2.11. The lowest BCUT2D eigenvalue weighted by molar-refractivity contribution is -0.151. The third-order valence-electron chi connectivity index (χ3n) is 3.11. The molecule has 0 unspecified atom stereocenters. The summed E-state index contributed by atoms with van der Waals surface area (Å²) in [6.07, 6.45) is 2.62. The van der Waals surface area contributed by atoms with Gasteiger partial charge in [-0.25, -0.2) is 0 Å². The number of rotatable bonds is 5. The molecule has 1 aliphatic rings. The molecule has 0 aromatic rings. The summed E-state index contributed by atoms with van der Waals surface area (Å²) in [5, 5.41) is 0. The van der Waals surface area contributed by atoms with E-state index in [9.17, 15) is 4.79 Å². The molecule has 86 valence electrons. The Hall–Kier alpha value is -0.670. The highest BCUT2D eigenvalue weighted by Gasteiger charge is 2.39. The molecule has 0 saturated carbocycles. The molecule has 1 rings (SSSR count). The summed E-state index contributed by atoms with van der Waals surface area (Å²) in [5.74, 6) is 0.153. The predicted molar refractivity (Wildman–Crippen MR) is 58.8 cm³/mol. The first-order valence-electron chi connectivity index (χ1n) is 5.47.